The fourth-order valence-corrected chi connectivity index (χ4v) is 2.17. The van der Waals surface area contributed by atoms with Crippen molar-refractivity contribution < 1.29 is 9.59 Å². The number of benzene rings is 2. The molecule has 24 heavy (non-hydrogen) atoms. The van der Waals surface area contributed by atoms with Gasteiger partial charge in [-0.15, -0.1) is 0 Å². The van der Waals surface area contributed by atoms with E-state index in [0.29, 0.717) is 24.3 Å². The van der Waals surface area contributed by atoms with Crippen molar-refractivity contribution in [1.29, 1.82) is 0 Å². The van der Waals surface area contributed by atoms with E-state index in [0.717, 1.165) is 12.0 Å². The molecule has 5 heteroatoms. The lowest BCUT2D eigenvalue weighted by Gasteiger charge is -2.08. The Bertz CT molecular complexity index is 654. The third kappa shape index (κ3) is 5.85. The number of rotatable bonds is 8. The number of anilines is 1. The highest BCUT2D eigenvalue weighted by Gasteiger charge is 2.06. The van der Waals surface area contributed by atoms with Gasteiger partial charge in [0, 0.05) is 24.3 Å². The average molecular weight is 325 g/mol. The number of nitrogens with one attached hydrogen (secondary N) is 3. The number of hydrogen-bond donors (Lipinski definition) is 3. The van der Waals surface area contributed by atoms with Gasteiger partial charge in [-0.25, -0.2) is 0 Å². The van der Waals surface area contributed by atoms with Crippen molar-refractivity contribution in [2.24, 2.45) is 0 Å². The molecule has 2 aromatic carbocycles. The Morgan fingerprint density at radius 1 is 0.958 bits per heavy atom. The molecule has 2 rings (SSSR count). The second-order valence-electron chi connectivity index (χ2n) is 5.47. The van der Waals surface area contributed by atoms with Crippen molar-refractivity contribution in [1.82, 2.24) is 10.6 Å². The van der Waals surface area contributed by atoms with Gasteiger partial charge in [0.25, 0.3) is 5.91 Å². The Morgan fingerprint density at radius 3 is 2.33 bits per heavy atom. The lowest BCUT2D eigenvalue weighted by atomic mass is 10.2. The first-order chi connectivity index (χ1) is 11.7. The highest BCUT2D eigenvalue weighted by atomic mass is 16.2. The average Bonchev–Trinajstić information content (AvgIpc) is 2.61. The Labute approximate surface area is 142 Å². The smallest absolute Gasteiger partial charge is 0.251 e. The van der Waals surface area contributed by atoms with Gasteiger partial charge in [0.15, 0.2) is 0 Å². The van der Waals surface area contributed by atoms with E-state index in [1.807, 2.05) is 37.3 Å². The zero-order valence-electron chi connectivity index (χ0n) is 13.8. The van der Waals surface area contributed by atoms with Gasteiger partial charge in [0.05, 0.1) is 6.54 Å². The number of amides is 2. The van der Waals surface area contributed by atoms with Crippen LogP contribution >= 0.6 is 0 Å². The van der Waals surface area contributed by atoms with Crippen LogP contribution in [0.4, 0.5) is 5.69 Å². The monoisotopic (exact) mass is 325 g/mol. The minimum Gasteiger partial charge on any atom is -0.352 e. The van der Waals surface area contributed by atoms with E-state index in [1.165, 1.54) is 0 Å². The van der Waals surface area contributed by atoms with Crippen molar-refractivity contribution in [3.63, 3.8) is 0 Å². The number of carbonyl (C=O) groups excluding carboxylic acids is 2. The summed E-state index contributed by atoms with van der Waals surface area (Å²) in [5.74, 6) is -0.214. The van der Waals surface area contributed by atoms with Crippen LogP contribution in [0.2, 0.25) is 0 Å². The van der Waals surface area contributed by atoms with Crippen LogP contribution in [-0.2, 0) is 11.3 Å². The molecule has 0 spiro atoms. The molecule has 0 fully saturated rings. The summed E-state index contributed by atoms with van der Waals surface area (Å²) >= 11 is 0. The van der Waals surface area contributed by atoms with E-state index in [9.17, 15) is 9.59 Å². The predicted molar refractivity (Wildman–Crippen MR) is 95.8 cm³/mol. The van der Waals surface area contributed by atoms with Crippen molar-refractivity contribution >= 4 is 17.5 Å². The van der Waals surface area contributed by atoms with Crippen LogP contribution in [-0.4, -0.2) is 24.9 Å². The van der Waals surface area contributed by atoms with E-state index in [1.54, 1.807) is 24.3 Å². The van der Waals surface area contributed by atoms with Gasteiger partial charge < -0.3 is 16.0 Å². The number of carbonyl (C=O) groups is 2. The van der Waals surface area contributed by atoms with Crippen LogP contribution in [0.1, 0.15) is 29.3 Å². The van der Waals surface area contributed by atoms with Crippen molar-refractivity contribution in [3.8, 4) is 0 Å². The zero-order chi connectivity index (χ0) is 17.2. The molecule has 5 nitrogen and oxygen atoms in total. The fourth-order valence-electron chi connectivity index (χ4n) is 2.17. The topological polar surface area (TPSA) is 70.2 Å². The molecule has 0 saturated carbocycles. The van der Waals surface area contributed by atoms with E-state index < -0.39 is 0 Å². The highest BCUT2D eigenvalue weighted by Crippen LogP contribution is 2.09. The summed E-state index contributed by atoms with van der Waals surface area (Å²) in [7, 11) is 0. The SMILES string of the molecule is CCCNC(=O)c1ccc(NC(=O)CNCc2ccccc2)cc1. The van der Waals surface area contributed by atoms with Gasteiger partial charge >= 0.3 is 0 Å². The summed E-state index contributed by atoms with van der Waals surface area (Å²) in [6.45, 7) is 3.54. The maximum Gasteiger partial charge on any atom is 0.251 e. The molecule has 0 saturated heterocycles. The summed E-state index contributed by atoms with van der Waals surface area (Å²) < 4.78 is 0. The minimum absolute atomic E-state index is 0.0979. The van der Waals surface area contributed by atoms with Gasteiger partial charge in [0.1, 0.15) is 0 Å². The van der Waals surface area contributed by atoms with E-state index in [-0.39, 0.29) is 18.4 Å². The zero-order valence-corrected chi connectivity index (χ0v) is 13.8. The standard InChI is InChI=1S/C19H23N3O2/c1-2-12-21-19(24)16-8-10-17(11-9-16)22-18(23)14-20-13-15-6-4-3-5-7-15/h3-11,20H,2,12-14H2,1H3,(H,21,24)(H,22,23). The van der Waals surface area contributed by atoms with Crippen LogP contribution in [0.25, 0.3) is 0 Å². The van der Waals surface area contributed by atoms with Gasteiger partial charge in [-0.3, -0.25) is 9.59 Å². The highest BCUT2D eigenvalue weighted by molar-refractivity contribution is 5.96. The predicted octanol–water partition coefficient (Wildman–Crippen LogP) is 2.55. The molecule has 2 aromatic rings. The minimum atomic E-state index is -0.117. The summed E-state index contributed by atoms with van der Waals surface area (Å²) in [4.78, 5) is 23.7. The van der Waals surface area contributed by atoms with Gasteiger partial charge in [-0.1, -0.05) is 37.3 Å². The summed E-state index contributed by atoms with van der Waals surface area (Å²) in [5.41, 5.74) is 2.39. The first-order valence-corrected chi connectivity index (χ1v) is 8.12. The molecule has 0 aromatic heterocycles. The lowest BCUT2D eigenvalue weighted by Crippen LogP contribution is -2.27. The molecule has 0 heterocycles. The van der Waals surface area contributed by atoms with Crippen LogP contribution in [0.15, 0.2) is 54.6 Å². The van der Waals surface area contributed by atoms with Gasteiger partial charge in [-0.05, 0) is 36.2 Å². The lowest BCUT2D eigenvalue weighted by molar-refractivity contribution is -0.115. The molecule has 0 aliphatic heterocycles. The molecule has 0 aliphatic carbocycles. The van der Waals surface area contributed by atoms with Crippen molar-refractivity contribution in [2.75, 3.05) is 18.4 Å². The molecular weight excluding hydrogens is 302 g/mol. The molecule has 0 bridgehead atoms. The summed E-state index contributed by atoms with van der Waals surface area (Å²) in [5, 5.41) is 8.72. The molecule has 126 valence electrons. The Balaban J connectivity index is 1.76. The van der Waals surface area contributed by atoms with Crippen molar-refractivity contribution in [2.45, 2.75) is 19.9 Å². The molecule has 0 radical (unpaired) electrons. The van der Waals surface area contributed by atoms with Crippen LogP contribution in [0.5, 0.6) is 0 Å². The van der Waals surface area contributed by atoms with E-state index in [2.05, 4.69) is 16.0 Å². The third-order valence-corrected chi connectivity index (χ3v) is 3.42. The first kappa shape index (κ1) is 17.7. The Kier molecular flexibility index (Phi) is 6.98. The third-order valence-electron chi connectivity index (χ3n) is 3.42. The quantitative estimate of drug-likeness (QED) is 0.698. The second kappa shape index (κ2) is 9.47. The second-order valence-corrected chi connectivity index (χ2v) is 5.47. The van der Waals surface area contributed by atoms with Gasteiger partial charge in [0.2, 0.25) is 5.91 Å². The molecular formula is C19H23N3O2. The number of hydrogen-bond acceptors (Lipinski definition) is 3. The molecule has 0 unspecified atom stereocenters. The summed E-state index contributed by atoms with van der Waals surface area (Å²) in [6.07, 6.45) is 0.899. The summed E-state index contributed by atoms with van der Waals surface area (Å²) in [6, 6.07) is 16.8. The molecule has 3 N–H and O–H groups in total. The normalized spacial score (nSPS) is 10.2. The Morgan fingerprint density at radius 2 is 1.67 bits per heavy atom. The van der Waals surface area contributed by atoms with E-state index >= 15 is 0 Å². The maximum absolute atomic E-state index is 11.9. The molecule has 0 aliphatic rings. The largest absolute Gasteiger partial charge is 0.352 e. The van der Waals surface area contributed by atoms with Crippen LogP contribution < -0.4 is 16.0 Å². The fraction of sp³-hybridized carbons (Fsp3) is 0.263. The van der Waals surface area contributed by atoms with Gasteiger partial charge in [-0.2, -0.15) is 0 Å². The maximum atomic E-state index is 11.9. The Hall–Kier alpha value is -2.66. The molecule has 0 atom stereocenters. The molecule has 2 amide bonds. The van der Waals surface area contributed by atoms with E-state index in [4.69, 9.17) is 0 Å². The van der Waals surface area contributed by atoms with Crippen LogP contribution in [0.3, 0.4) is 0 Å². The first-order valence-electron chi connectivity index (χ1n) is 8.12. The van der Waals surface area contributed by atoms with Crippen molar-refractivity contribution in [3.05, 3.63) is 65.7 Å². The van der Waals surface area contributed by atoms with Crippen LogP contribution in [0, 0.1) is 0 Å².